The Kier molecular flexibility index (Phi) is 48.0. The molecule has 0 bridgehead atoms. The summed E-state index contributed by atoms with van der Waals surface area (Å²) < 4.78 is 0. The molecule has 2 heteroatoms. The van der Waals surface area contributed by atoms with Gasteiger partial charge in [-0.15, -0.1) is 0 Å². The minimum absolute atomic E-state index is 0. The fourth-order valence-electron chi connectivity index (χ4n) is 0.408. The summed E-state index contributed by atoms with van der Waals surface area (Å²) in [5.41, 5.74) is 0. The van der Waals surface area contributed by atoms with Crippen LogP contribution in [0.5, 0.6) is 0 Å². The van der Waals surface area contributed by atoms with E-state index in [1.54, 1.807) is 6.92 Å². The van der Waals surface area contributed by atoms with Gasteiger partial charge in [-0.2, -0.15) is 19.8 Å². The summed E-state index contributed by atoms with van der Waals surface area (Å²) in [7, 11) is 0. The number of hydrogen-bond donors (Lipinski definition) is 0. The van der Waals surface area contributed by atoms with Crippen LogP contribution in [-0.4, -0.2) is 0 Å². The van der Waals surface area contributed by atoms with Gasteiger partial charge < -0.3 is 26.2 Å². The molecular weight excluding hydrogens is 286 g/mol. The summed E-state index contributed by atoms with van der Waals surface area (Å²) in [4.78, 5) is 0. The molecule has 11 heavy (non-hydrogen) atoms. The van der Waals surface area contributed by atoms with Crippen molar-refractivity contribution >= 4 is 0 Å². The van der Waals surface area contributed by atoms with Crippen LogP contribution in [0.4, 0.5) is 0 Å². The summed E-state index contributed by atoms with van der Waals surface area (Å²) in [6.07, 6.45) is 5.61. The molecular formula is C9H19Y2-3. The zero-order valence-electron chi connectivity index (χ0n) is 8.30. The molecule has 0 fully saturated rings. The molecule has 0 saturated heterocycles. The third-order valence-electron chi connectivity index (χ3n) is 0.843. The number of hydrogen-bond acceptors (Lipinski definition) is 0. The van der Waals surface area contributed by atoms with Crippen LogP contribution >= 0.6 is 0 Å². The van der Waals surface area contributed by atoms with Gasteiger partial charge in [-0.3, -0.25) is 0 Å². The van der Waals surface area contributed by atoms with Crippen LogP contribution in [0.15, 0.2) is 0 Å². The van der Waals surface area contributed by atoms with Gasteiger partial charge in [0.1, 0.15) is 0 Å². The Morgan fingerprint density at radius 1 is 1.18 bits per heavy atom. The zero-order valence-corrected chi connectivity index (χ0v) is 14.0. The number of unbranched alkanes of at least 4 members (excludes halogenated alkanes) is 1. The fraction of sp³-hybridized carbons (Fsp3) is 0.667. The molecule has 0 nitrogen and oxygen atoms in total. The first-order chi connectivity index (χ1) is 4.27. The Morgan fingerprint density at radius 3 is 1.64 bits per heavy atom. The third kappa shape index (κ3) is 33.0. The van der Waals surface area contributed by atoms with Crippen molar-refractivity contribution in [3.8, 4) is 0 Å². The molecule has 2 radical (unpaired) electrons. The van der Waals surface area contributed by atoms with E-state index in [1.807, 2.05) is 0 Å². The first-order valence-corrected chi connectivity index (χ1v) is 3.59. The Bertz CT molecular complexity index is 36.5. The van der Waals surface area contributed by atoms with Crippen LogP contribution in [0.2, 0.25) is 0 Å². The van der Waals surface area contributed by atoms with Crippen molar-refractivity contribution in [1.29, 1.82) is 0 Å². The van der Waals surface area contributed by atoms with Crippen LogP contribution in [0, 0.1) is 25.7 Å². The maximum Gasteiger partial charge on any atom is 0 e. The topological polar surface area (TPSA) is 0 Å². The van der Waals surface area contributed by atoms with Crippen molar-refractivity contribution in [3.05, 3.63) is 19.8 Å². The summed E-state index contributed by atoms with van der Waals surface area (Å²) in [6, 6.07) is 0. The predicted molar refractivity (Wildman–Crippen MR) is 44.8 cm³/mol. The standard InChI is InChI=1S/C7H14.C2H5.2Y/c1-4-5-6-7(2)3;1-2;;/h4,6-7H,5H2,1-3H3;1H2,2H3;;/q-2;-1;;. The average molecular weight is 305 g/mol. The van der Waals surface area contributed by atoms with Gasteiger partial charge >= 0.3 is 0 Å². The smallest absolute Gasteiger partial charge is 0 e. The third-order valence-corrected chi connectivity index (χ3v) is 0.843. The molecule has 0 atom stereocenters. The van der Waals surface area contributed by atoms with Gasteiger partial charge in [-0.25, -0.2) is 0 Å². The van der Waals surface area contributed by atoms with Gasteiger partial charge in [0.05, 0.1) is 0 Å². The average Bonchev–Trinajstić information content (AvgIpc) is 1.88. The minimum Gasteiger partial charge on any atom is -0.360 e. The predicted octanol–water partition coefficient (Wildman–Crippen LogP) is 3.30. The molecule has 0 N–H and O–H groups in total. The maximum absolute atomic E-state index is 3.25. The minimum atomic E-state index is 0. The van der Waals surface area contributed by atoms with Crippen molar-refractivity contribution in [2.45, 2.75) is 34.1 Å². The Labute approximate surface area is 123 Å². The van der Waals surface area contributed by atoms with Crippen LogP contribution < -0.4 is 0 Å². The summed E-state index contributed by atoms with van der Waals surface area (Å²) in [6.45, 7) is 11.5. The van der Waals surface area contributed by atoms with E-state index in [4.69, 9.17) is 0 Å². The molecule has 0 saturated carbocycles. The molecule has 0 heterocycles. The van der Waals surface area contributed by atoms with Gasteiger partial charge in [-0.1, -0.05) is 13.8 Å². The summed E-state index contributed by atoms with van der Waals surface area (Å²) >= 11 is 0. The van der Waals surface area contributed by atoms with Gasteiger partial charge in [0, 0.05) is 65.4 Å². The van der Waals surface area contributed by atoms with Crippen molar-refractivity contribution in [1.82, 2.24) is 0 Å². The molecule has 0 aliphatic carbocycles. The first kappa shape index (κ1) is 23.2. The molecule has 0 aromatic carbocycles. The van der Waals surface area contributed by atoms with Crippen molar-refractivity contribution in [3.63, 3.8) is 0 Å². The van der Waals surface area contributed by atoms with Crippen LogP contribution in [0.1, 0.15) is 34.1 Å². The molecule has 0 aliphatic rings. The van der Waals surface area contributed by atoms with Gasteiger partial charge in [0.2, 0.25) is 0 Å². The van der Waals surface area contributed by atoms with E-state index in [9.17, 15) is 0 Å². The summed E-state index contributed by atoms with van der Waals surface area (Å²) in [5, 5.41) is 0. The van der Waals surface area contributed by atoms with E-state index in [0.29, 0.717) is 0 Å². The normalized spacial score (nSPS) is 7.09. The van der Waals surface area contributed by atoms with Crippen molar-refractivity contribution in [2.24, 2.45) is 5.92 Å². The van der Waals surface area contributed by atoms with E-state index < -0.39 is 0 Å². The van der Waals surface area contributed by atoms with E-state index in [0.717, 1.165) is 12.3 Å². The Hall–Kier alpha value is 2.21. The van der Waals surface area contributed by atoms with E-state index in [-0.39, 0.29) is 65.4 Å². The molecule has 0 spiro atoms. The van der Waals surface area contributed by atoms with E-state index >= 15 is 0 Å². The maximum atomic E-state index is 3.25. The fourth-order valence-corrected chi connectivity index (χ4v) is 0.408. The van der Waals surface area contributed by atoms with Gasteiger partial charge in [0.15, 0.2) is 0 Å². The van der Waals surface area contributed by atoms with Crippen LogP contribution in [0.25, 0.3) is 0 Å². The molecule has 0 unspecified atom stereocenters. The quantitative estimate of drug-likeness (QED) is 0.702. The van der Waals surface area contributed by atoms with Crippen molar-refractivity contribution < 1.29 is 65.4 Å². The summed E-state index contributed by atoms with van der Waals surface area (Å²) in [5.74, 6) is 0.746. The second-order valence-electron chi connectivity index (χ2n) is 2.12. The van der Waals surface area contributed by atoms with Crippen molar-refractivity contribution in [2.75, 3.05) is 0 Å². The van der Waals surface area contributed by atoms with Gasteiger partial charge in [0.25, 0.3) is 0 Å². The van der Waals surface area contributed by atoms with Crippen LogP contribution in [0.3, 0.4) is 0 Å². The molecule has 0 aromatic heterocycles. The number of rotatable bonds is 3. The monoisotopic (exact) mass is 305 g/mol. The second kappa shape index (κ2) is 22.8. The van der Waals surface area contributed by atoms with Crippen LogP contribution in [-0.2, 0) is 65.4 Å². The molecule has 0 rings (SSSR count). The molecule has 0 amide bonds. The largest absolute Gasteiger partial charge is 0.360 e. The SMILES string of the molecule is C[CH-]C[CH-]C(C)C.[CH2-]C.[Y].[Y]. The molecule has 64 valence electrons. The second-order valence-corrected chi connectivity index (χ2v) is 2.12. The Balaban J connectivity index is -0.0000000564. The van der Waals surface area contributed by atoms with E-state index in [2.05, 4.69) is 40.5 Å². The molecule has 0 aromatic rings. The molecule has 0 aliphatic heterocycles. The van der Waals surface area contributed by atoms with Gasteiger partial charge in [-0.05, 0) is 0 Å². The first-order valence-electron chi connectivity index (χ1n) is 3.59. The zero-order chi connectivity index (χ0) is 7.70. The van der Waals surface area contributed by atoms with E-state index in [1.165, 1.54) is 0 Å². The Morgan fingerprint density at radius 2 is 1.55 bits per heavy atom.